The molecule has 0 spiro atoms. The number of carbonyl (C=O) groups is 2. The van der Waals surface area contributed by atoms with Gasteiger partial charge in [0.25, 0.3) is 0 Å². The molecule has 2 aliphatic rings. The van der Waals surface area contributed by atoms with Crippen LogP contribution in [0, 0.1) is 11.8 Å². The van der Waals surface area contributed by atoms with Gasteiger partial charge in [0, 0.05) is 0 Å². The second-order valence-electron chi connectivity index (χ2n) is 5.06. The van der Waals surface area contributed by atoms with Crippen molar-refractivity contribution in [3.05, 3.63) is 59.7 Å². The Balaban J connectivity index is 1.92. The summed E-state index contributed by atoms with van der Waals surface area (Å²) in [5.74, 6) is -2.19. The number of cyclic esters (lactones) is 2. The maximum atomic E-state index is 11.7. The van der Waals surface area contributed by atoms with Crippen LogP contribution >= 0.6 is 0 Å². The van der Waals surface area contributed by atoms with E-state index in [-0.39, 0.29) is 0 Å². The van der Waals surface area contributed by atoms with Gasteiger partial charge in [-0.1, -0.05) is 43.0 Å². The van der Waals surface area contributed by atoms with Gasteiger partial charge in [-0.3, -0.25) is 9.59 Å². The number of carbonyl (C=O) groups excluding carboxylic acids is 2. The number of hydrogen-bond acceptors (Lipinski definition) is 4. The molecule has 1 fully saturated rings. The van der Waals surface area contributed by atoms with E-state index in [4.69, 9.17) is 0 Å². The Morgan fingerprint density at radius 3 is 2.60 bits per heavy atom. The largest absolute Gasteiger partial charge is 0.392 e. The fourth-order valence-electron chi connectivity index (χ4n) is 2.82. The molecule has 1 saturated heterocycles. The van der Waals surface area contributed by atoms with Gasteiger partial charge in [-0.05, 0) is 23.1 Å². The van der Waals surface area contributed by atoms with Crippen LogP contribution in [0.5, 0.6) is 0 Å². The normalized spacial score (nSPS) is 26.9. The Morgan fingerprint density at radius 1 is 1.20 bits per heavy atom. The van der Waals surface area contributed by atoms with Gasteiger partial charge >= 0.3 is 11.9 Å². The average molecular weight is 270 g/mol. The van der Waals surface area contributed by atoms with Crippen molar-refractivity contribution in [3.8, 4) is 0 Å². The lowest BCUT2D eigenvalue weighted by Crippen LogP contribution is -2.25. The van der Waals surface area contributed by atoms with Gasteiger partial charge in [0.15, 0.2) is 0 Å². The molecular formula is C16H14O4. The molecule has 0 saturated carbocycles. The molecule has 1 aromatic rings. The van der Waals surface area contributed by atoms with Crippen molar-refractivity contribution in [2.24, 2.45) is 11.8 Å². The first kappa shape index (κ1) is 12.8. The van der Waals surface area contributed by atoms with E-state index in [0.29, 0.717) is 17.6 Å². The third-order valence-electron chi connectivity index (χ3n) is 3.91. The first-order valence-corrected chi connectivity index (χ1v) is 6.47. The van der Waals surface area contributed by atoms with Gasteiger partial charge in [-0.2, -0.15) is 0 Å². The Labute approximate surface area is 116 Å². The third kappa shape index (κ3) is 1.89. The summed E-state index contributed by atoms with van der Waals surface area (Å²) in [7, 11) is 0. The fourth-order valence-corrected chi connectivity index (χ4v) is 2.82. The Hall–Kier alpha value is -2.20. The fraction of sp³-hybridized carbons (Fsp3) is 0.250. The van der Waals surface area contributed by atoms with Crippen LogP contribution in [0.25, 0.3) is 0 Å². The molecule has 0 amide bonds. The monoisotopic (exact) mass is 270 g/mol. The Kier molecular flexibility index (Phi) is 3.03. The van der Waals surface area contributed by atoms with Crippen molar-refractivity contribution in [1.82, 2.24) is 0 Å². The molecular weight excluding hydrogens is 256 g/mol. The SMILES string of the molecule is C=C1C(C(O)c2ccccc2)=CCC2C(=O)OC(=O)C12. The van der Waals surface area contributed by atoms with Gasteiger partial charge in [-0.25, -0.2) is 0 Å². The summed E-state index contributed by atoms with van der Waals surface area (Å²) in [6, 6.07) is 9.15. The molecule has 0 radical (unpaired) electrons. The van der Waals surface area contributed by atoms with E-state index in [1.165, 1.54) is 0 Å². The van der Waals surface area contributed by atoms with E-state index >= 15 is 0 Å². The quantitative estimate of drug-likeness (QED) is 0.658. The van der Waals surface area contributed by atoms with Crippen LogP contribution < -0.4 is 0 Å². The molecule has 4 heteroatoms. The van der Waals surface area contributed by atoms with E-state index in [1.807, 2.05) is 30.3 Å². The number of ether oxygens (including phenoxy) is 1. The molecule has 0 bridgehead atoms. The molecule has 20 heavy (non-hydrogen) atoms. The lowest BCUT2D eigenvalue weighted by molar-refractivity contribution is -0.153. The number of benzene rings is 1. The van der Waals surface area contributed by atoms with E-state index in [1.54, 1.807) is 6.08 Å². The zero-order valence-electron chi connectivity index (χ0n) is 10.8. The van der Waals surface area contributed by atoms with E-state index in [0.717, 1.165) is 5.56 Å². The van der Waals surface area contributed by atoms with Gasteiger partial charge in [0.1, 0.15) is 6.10 Å². The average Bonchev–Trinajstić information content (AvgIpc) is 2.75. The second kappa shape index (κ2) is 4.72. The molecule has 3 atom stereocenters. The van der Waals surface area contributed by atoms with Crippen LogP contribution in [-0.2, 0) is 14.3 Å². The number of aliphatic hydroxyl groups excluding tert-OH is 1. The van der Waals surface area contributed by atoms with Crippen molar-refractivity contribution in [3.63, 3.8) is 0 Å². The summed E-state index contributed by atoms with van der Waals surface area (Å²) in [5.41, 5.74) is 1.81. The molecule has 1 aliphatic carbocycles. The molecule has 1 aliphatic heterocycles. The number of esters is 2. The molecule has 0 aromatic heterocycles. The van der Waals surface area contributed by atoms with Gasteiger partial charge < -0.3 is 9.84 Å². The second-order valence-corrected chi connectivity index (χ2v) is 5.06. The lowest BCUT2D eigenvalue weighted by Gasteiger charge is -2.26. The van der Waals surface area contributed by atoms with Crippen molar-refractivity contribution in [1.29, 1.82) is 0 Å². The zero-order chi connectivity index (χ0) is 14.3. The number of aliphatic hydroxyl groups is 1. The van der Waals surface area contributed by atoms with Crippen molar-refractivity contribution < 1.29 is 19.4 Å². The topological polar surface area (TPSA) is 63.6 Å². The van der Waals surface area contributed by atoms with Crippen LogP contribution in [0.15, 0.2) is 54.1 Å². The summed E-state index contributed by atoms with van der Waals surface area (Å²) < 4.78 is 4.66. The smallest absolute Gasteiger partial charge is 0.321 e. The molecule has 4 nitrogen and oxygen atoms in total. The minimum absolute atomic E-state index is 0.396. The predicted molar refractivity (Wildman–Crippen MR) is 71.3 cm³/mol. The van der Waals surface area contributed by atoms with Crippen LogP contribution in [0.1, 0.15) is 18.1 Å². The van der Waals surface area contributed by atoms with Gasteiger partial charge in [-0.15, -0.1) is 0 Å². The van der Waals surface area contributed by atoms with Crippen LogP contribution in [0.3, 0.4) is 0 Å². The number of rotatable bonds is 2. The molecule has 1 aromatic carbocycles. The van der Waals surface area contributed by atoms with Crippen molar-refractivity contribution in [2.75, 3.05) is 0 Å². The Bertz CT molecular complexity index is 615. The standard InChI is InChI=1S/C16H14O4/c1-9-11(14(17)10-5-3-2-4-6-10)7-8-12-13(9)16(19)20-15(12)18/h2-7,12-14,17H,1,8H2. The summed E-state index contributed by atoms with van der Waals surface area (Å²) in [6.07, 6.45) is 1.34. The van der Waals surface area contributed by atoms with Crippen LogP contribution in [-0.4, -0.2) is 17.0 Å². The number of hydrogen-bond donors (Lipinski definition) is 1. The molecule has 3 rings (SSSR count). The highest BCUT2D eigenvalue weighted by Crippen LogP contribution is 2.43. The highest BCUT2D eigenvalue weighted by molar-refractivity contribution is 5.99. The van der Waals surface area contributed by atoms with Crippen molar-refractivity contribution >= 4 is 11.9 Å². The molecule has 102 valence electrons. The van der Waals surface area contributed by atoms with Crippen LogP contribution in [0.4, 0.5) is 0 Å². The molecule has 1 N–H and O–H groups in total. The summed E-state index contributed by atoms with van der Waals surface area (Å²) >= 11 is 0. The maximum Gasteiger partial charge on any atom is 0.321 e. The first-order valence-electron chi connectivity index (χ1n) is 6.47. The highest BCUT2D eigenvalue weighted by Gasteiger charge is 2.48. The van der Waals surface area contributed by atoms with Crippen molar-refractivity contribution in [2.45, 2.75) is 12.5 Å². The summed E-state index contributed by atoms with van der Waals surface area (Å²) in [6.45, 7) is 3.89. The molecule has 3 unspecified atom stereocenters. The highest BCUT2D eigenvalue weighted by atomic mass is 16.6. The minimum atomic E-state index is -0.840. The minimum Gasteiger partial charge on any atom is -0.392 e. The Morgan fingerprint density at radius 2 is 1.90 bits per heavy atom. The lowest BCUT2D eigenvalue weighted by atomic mass is 9.75. The first-order chi connectivity index (χ1) is 9.59. The number of fused-ring (bicyclic) bond motifs is 1. The molecule has 1 heterocycles. The maximum absolute atomic E-state index is 11.7. The predicted octanol–water partition coefficient (Wildman–Crippen LogP) is 1.92. The van der Waals surface area contributed by atoms with E-state index in [2.05, 4.69) is 11.3 Å². The number of allylic oxidation sites excluding steroid dienone is 1. The summed E-state index contributed by atoms with van der Waals surface area (Å²) in [4.78, 5) is 23.3. The summed E-state index contributed by atoms with van der Waals surface area (Å²) in [5, 5.41) is 10.4. The van der Waals surface area contributed by atoms with E-state index < -0.39 is 29.9 Å². The zero-order valence-corrected chi connectivity index (χ0v) is 10.8. The third-order valence-corrected chi connectivity index (χ3v) is 3.91. The van der Waals surface area contributed by atoms with Gasteiger partial charge in [0.2, 0.25) is 0 Å². The van der Waals surface area contributed by atoms with E-state index in [9.17, 15) is 14.7 Å². The van der Waals surface area contributed by atoms with Gasteiger partial charge in [0.05, 0.1) is 11.8 Å². The van der Waals surface area contributed by atoms with Crippen LogP contribution in [0.2, 0.25) is 0 Å².